The highest BCUT2D eigenvalue weighted by atomic mass is 16.0. The Morgan fingerprint density at radius 2 is 1.38 bits per heavy atom. The quantitative estimate of drug-likeness (QED) is 0.427. The number of hydrogen-bond acceptors (Lipinski definition) is 2. The van der Waals surface area contributed by atoms with Crippen molar-refractivity contribution in [2.45, 2.75) is 0 Å². The second-order valence-electron chi connectivity index (χ2n) is 0.904. The van der Waals surface area contributed by atoms with Gasteiger partial charge in [-0.25, -0.2) is 9.97 Å². The van der Waals surface area contributed by atoms with E-state index < -0.39 is 0 Å². The van der Waals surface area contributed by atoms with Gasteiger partial charge in [0.1, 0.15) is 6.33 Å². The predicted octanol–water partition coefficient (Wildman–Crippen LogP) is -1.17. The minimum atomic E-state index is 0. The minimum absolute atomic E-state index is 0. The summed E-state index contributed by atoms with van der Waals surface area (Å²) in [6.07, 6.45) is 4.88. The molecule has 46 valence electrons. The van der Waals surface area contributed by atoms with E-state index in [-0.39, 0.29) is 11.0 Å². The van der Waals surface area contributed by atoms with Gasteiger partial charge in [-0.2, -0.15) is 0 Å². The lowest BCUT2D eigenvalue weighted by atomic mass is 10.7. The summed E-state index contributed by atoms with van der Waals surface area (Å²) in [6.45, 7) is 0. The first kappa shape index (κ1) is 10.1. The Labute approximate surface area is 46.8 Å². The van der Waals surface area contributed by atoms with Crippen LogP contribution in [0, 0.1) is 0 Å². The molecule has 4 heteroatoms. The Hall–Kier alpha value is -1.00. The number of aromatic nitrogens is 2. The van der Waals surface area contributed by atoms with Crippen LogP contribution >= 0.6 is 0 Å². The molecule has 0 aliphatic heterocycles. The molecule has 4 N–H and O–H groups in total. The molecule has 1 rings (SSSR count). The molecule has 0 saturated carbocycles. The maximum absolute atomic E-state index is 3.67. The third-order valence-corrected chi connectivity index (χ3v) is 0.478. The van der Waals surface area contributed by atoms with E-state index >= 15 is 0 Å². The Bertz CT molecular complexity index is 84.0. The minimum Gasteiger partial charge on any atom is -0.412 e. The summed E-state index contributed by atoms with van der Waals surface area (Å²) in [7, 11) is 0. The number of nitrogens with zero attached hydrogens (tertiary/aromatic N) is 2. The molecule has 8 heavy (non-hydrogen) atoms. The molecule has 0 bridgehead atoms. The molecule has 0 atom stereocenters. The number of rotatable bonds is 0. The first-order chi connectivity index (χ1) is 3.00. The van der Waals surface area contributed by atoms with Crippen molar-refractivity contribution in [3.63, 3.8) is 0 Å². The molecule has 1 heterocycles. The lowest BCUT2D eigenvalue weighted by Crippen LogP contribution is -1.66. The van der Waals surface area contributed by atoms with Gasteiger partial charge in [0, 0.05) is 12.4 Å². The lowest BCUT2D eigenvalue weighted by Gasteiger charge is -1.70. The average molecular weight is 116 g/mol. The summed E-state index contributed by atoms with van der Waals surface area (Å²) in [6, 6.07) is 1.78. The van der Waals surface area contributed by atoms with E-state index in [4.69, 9.17) is 0 Å². The molecule has 0 aromatic carbocycles. The summed E-state index contributed by atoms with van der Waals surface area (Å²) in [5.74, 6) is 0. The van der Waals surface area contributed by atoms with Crippen LogP contribution in [0.2, 0.25) is 0 Å². The van der Waals surface area contributed by atoms with Crippen molar-refractivity contribution in [2.24, 2.45) is 0 Å². The van der Waals surface area contributed by atoms with E-state index in [0.29, 0.717) is 0 Å². The summed E-state index contributed by atoms with van der Waals surface area (Å²) in [5, 5.41) is 0. The van der Waals surface area contributed by atoms with Crippen molar-refractivity contribution in [2.75, 3.05) is 0 Å². The molecule has 0 amide bonds. The van der Waals surface area contributed by atoms with Crippen LogP contribution in [0.15, 0.2) is 24.8 Å². The zero-order valence-corrected chi connectivity index (χ0v) is 4.20. The third-order valence-electron chi connectivity index (χ3n) is 0.478. The van der Waals surface area contributed by atoms with Gasteiger partial charge >= 0.3 is 0 Å². The van der Waals surface area contributed by atoms with Crippen LogP contribution < -0.4 is 0 Å². The van der Waals surface area contributed by atoms with E-state index in [1.165, 1.54) is 6.33 Å². The fourth-order valence-electron chi connectivity index (χ4n) is 0.253. The zero-order valence-electron chi connectivity index (χ0n) is 4.20. The summed E-state index contributed by atoms with van der Waals surface area (Å²) in [5.41, 5.74) is 0. The SMILES string of the molecule is O.O.c1cncnc1. The normalized spacial score (nSPS) is 6.00. The van der Waals surface area contributed by atoms with Crippen molar-refractivity contribution >= 4 is 0 Å². The molecule has 4 nitrogen and oxygen atoms in total. The van der Waals surface area contributed by atoms with Crippen molar-refractivity contribution in [3.8, 4) is 0 Å². The summed E-state index contributed by atoms with van der Waals surface area (Å²) < 4.78 is 0. The first-order valence-corrected chi connectivity index (χ1v) is 1.70. The molecular weight excluding hydrogens is 108 g/mol. The van der Waals surface area contributed by atoms with Gasteiger partial charge in [0.2, 0.25) is 0 Å². The van der Waals surface area contributed by atoms with Gasteiger partial charge in [-0.05, 0) is 6.07 Å². The molecular formula is C4H8N2O2. The Balaban J connectivity index is 0. The van der Waals surface area contributed by atoms with Crippen LogP contribution in [-0.2, 0) is 0 Å². The molecule has 1 aromatic heterocycles. The van der Waals surface area contributed by atoms with Crippen LogP contribution in [-0.4, -0.2) is 20.9 Å². The molecule has 0 unspecified atom stereocenters. The van der Waals surface area contributed by atoms with Crippen LogP contribution in [0.4, 0.5) is 0 Å². The Morgan fingerprint density at radius 3 is 1.50 bits per heavy atom. The zero-order chi connectivity index (χ0) is 4.24. The van der Waals surface area contributed by atoms with E-state index in [0.717, 1.165) is 0 Å². The Kier molecular flexibility index (Phi) is 7.56. The highest BCUT2D eigenvalue weighted by Gasteiger charge is 1.59. The summed E-state index contributed by atoms with van der Waals surface area (Å²) in [4.78, 5) is 7.35. The largest absolute Gasteiger partial charge is 0.412 e. The van der Waals surface area contributed by atoms with E-state index in [2.05, 4.69) is 9.97 Å². The maximum atomic E-state index is 3.67. The molecule has 0 spiro atoms. The second kappa shape index (κ2) is 6.00. The first-order valence-electron chi connectivity index (χ1n) is 1.70. The van der Waals surface area contributed by atoms with E-state index in [1.54, 1.807) is 18.5 Å². The van der Waals surface area contributed by atoms with Gasteiger partial charge in [0.15, 0.2) is 0 Å². The molecule has 0 saturated heterocycles. The van der Waals surface area contributed by atoms with Gasteiger partial charge in [-0.15, -0.1) is 0 Å². The van der Waals surface area contributed by atoms with Crippen molar-refractivity contribution in [3.05, 3.63) is 24.8 Å². The monoisotopic (exact) mass is 116 g/mol. The fraction of sp³-hybridized carbons (Fsp3) is 0. The van der Waals surface area contributed by atoms with Gasteiger partial charge < -0.3 is 11.0 Å². The predicted molar refractivity (Wildman–Crippen MR) is 29.3 cm³/mol. The fourth-order valence-corrected chi connectivity index (χ4v) is 0.253. The highest BCUT2D eigenvalue weighted by molar-refractivity contribution is 4.74. The third kappa shape index (κ3) is 3.20. The molecule has 0 fully saturated rings. The second-order valence-corrected chi connectivity index (χ2v) is 0.904. The molecule has 0 aliphatic rings. The van der Waals surface area contributed by atoms with Gasteiger partial charge in [-0.3, -0.25) is 0 Å². The summed E-state index contributed by atoms with van der Waals surface area (Å²) >= 11 is 0. The number of hydrogen-bond donors (Lipinski definition) is 0. The van der Waals surface area contributed by atoms with Crippen LogP contribution in [0.3, 0.4) is 0 Å². The van der Waals surface area contributed by atoms with Crippen LogP contribution in [0.25, 0.3) is 0 Å². The van der Waals surface area contributed by atoms with Crippen molar-refractivity contribution < 1.29 is 11.0 Å². The van der Waals surface area contributed by atoms with Gasteiger partial charge in [0.25, 0.3) is 0 Å². The highest BCUT2D eigenvalue weighted by Crippen LogP contribution is 1.66. The van der Waals surface area contributed by atoms with Crippen molar-refractivity contribution in [1.29, 1.82) is 0 Å². The molecule has 1 aromatic rings. The molecule has 0 radical (unpaired) electrons. The maximum Gasteiger partial charge on any atom is 0.115 e. The van der Waals surface area contributed by atoms with Crippen LogP contribution in [0.1, 0.15) is 0 Å². The van der Waals surface area contributed by atoms with Gasteiger partial charge in [-0.1, -0.05) is 0 Å². The smallest absolute Gasteiger partial charge is 0.115 e. The van der Waals surface area contributed by atoms with E-state index in [1.807, 2.05) is 0 Å². The average Bonchev–Trinajstić information content (AvgIpc) is 1.72. The topological polar surface area (TPSA) is 88.8 Å². The Morgan fingerprint density at radius 1 is 0.875 bits per heavy atom. The van der Waals surface area contributed by atoms with Gasteiger partial charge in [0.05, 0.1) is 0 Å². The lowest BCUT2D eigenvalue weighted by molar-refractivity contribution is 0.823. The van der Waals surface area contributed by atoms with E-state index in [9.17, 15) is 0 Å². The van der Waals surface area contributed by atoms with Crippen LogP contribution in [0.5, 0.6) is 0 Å². The molecule has 0 aliphatic carbocycles. The standard InChI is InChI=1S/C4H4N2.2H2O/c1-2-5-4-6-3-1;;/h1-4H;2*1H2. The van der Waals surface area contributed by atoms with Crippen molar-refractivity contribution in [1.82, 2.24) is 9.97 Å².